The fourth-order valence-corrected chi connectivity index (χ4v) is 1.35. The Bertz CT molecular complexity index is 287. The Labute approximate surface area is 91.6 Å². The molecule has 90 valence electrons. The molecule has 7 heteroatoms. The molecule has 0 spiro atoms. The molecule has 0 aromatic heterocycles. The van der Waals surface area contributed by atoms with Crippen LogP contribution in [0.25, 0.3) is 0 Å². The molecule has 15 heavy (non-hydrogen) atoms. The summed E-state index contributed by atoms with van der Waals surface area (Å²) in [6.45, 7) is 3.77. The zero-order valence-electron chi connectivity index (χ0n) is 9.50. The highest BCUT2D eigenvalue weighted by molar-refractivity contribution is 7.88. The summed E-state index contributed by atoms with van der Waals surface area (Å²) in [5.41, 5.74) is 0. The topological polar surface area (TPSA) is 82.6 Å². The first kappa shape index (κ1) is 14.2. The highest BCUT2D eigenvalue weighted by Gasteiger charge is 1.99. The molecule has 0 saturated carbocycles. The summed E-state index contributed by atoms with van der Waals surface area (Å²) in [6.07, 6.45) is 2.15. The van der Waals surface area contributed by atoms with E-state index in [1.54, 1.807) is 7.05 Å². The van der Waals surface area contributed by atoms with E-state index in [2.05, 4.69) is 27.3 Å². The van der Waals surface area contributed by atoms with Crippen molar-refractivity contribution in [3.63, 3.8) is 0 Å². The average Bonchev–Trinajstić information content (AvgIpc) is 2.15. The van der Waals surface area contributed by atoms with Crippen LogP contribution in [0, 0.1) is 0 Å². The lowest BCUT2D eigenvalue weighted by Crippen LogP contribution is -2.41. The third kappa shape index (κ3) is 9.48. The predicted octanol–water partition coefficient (Wildman–Crippen LogP) is -0.889. The second-order valence-corrected chi connectivity index (χ2v) is 4.93. The van der Waals surface area contributed by atoms with Gasteiger partial charge in [0.05, 0.1) is 6.26 Å². The van der Waals surface area contributed by atoms with Gasteiger partial charge in [0, 0.05) is 26.7 Å². The van der Waals surface area contributed by atoms with Crippen molar-refractivity contribution in [3.8, 4) is 0 Å². The van der Waals surface area contributed by atoms with Crippen molar-refractivity contribution >= 4 is 16.0 Å². The summed E-state index contributed by atoms with van der Waals surface area (Å²) in [5.74, 6) is 0.687. The van der Waals surface area contributed by atoms with E-state index < -0.39 is 10.0 Å². The fraction of sp³-hybridized carbons (Fsp3) is 0.875. The van der Waals surface area contributed by atoms with E-state index in [1.807, 2.05) is 0 Å². The fourth-order valence-electron chi connectivity index (χ4n) is 0.881. The van der Waals surface area contributed by atoms with Crippen LogP contribution in [0.15, 0.2) is 4.99 Å². The number of hydrogen-bond donors (Lipinski definition) is 3. The number of aliphatic imine (C=N–C) groups is 1. The SMILES string of the molecule is CCCNC(=NC)NCCNS(C)(=O)=O. The molecule has 0 saturated heterocycles. The second-order valence-electron chi connectivity index (χ2n) is 3.09. The predicted molar refractivity (Wildman–Crippen MR) is 62.5 cm³/mol. The molecule has 0 unspecified atom stereocenters. The smallest absolute Gasteiger partial charge is 0.208 e. The van der Waals surface area contributed by atoms with Gasteiger partial charge in [0.25, 0.3) is 0 Å². The van der Waals surface area contributed by atoms with Gasteiger partial charge in [0.1, 0.15) is 0 Å². The summed E-state index contributed by atoms with van der Waals surface area (Å²) in [7, 11) is -1.42. The molecule has 0 aliphatic carbocycles. The van der Waals surface area contributed by atoms with Crippen molar-refractivity contribution in [3.05, 3.63) is 0 Å². The van der Waals surface area contributed by atoms with Crippen LogP contribution < -0.4 is 15.4 Å². The second kappa shape index (κ2) is 7.47. The van der Waals surface area contributed by atoms with Crippen LogP contribution in [0.4, 0.5) is 0 Å². The summed E-state index contributed by atoms with van der Waals surface area (Å²) in [5, 5.41) is 6.07. The van der Waals surface area contributed by atoms with Crippen LogP contribution in [-0.4, -0.2) is 47.3 Å². The van der Waals surface area contributed by atoms with Gasteiger partial charge in [0.15, 0.2) is 5.96 Å². The Morgan fingerprint density at radius 2 is 1.80 bits per heavy atom. The average molecular weight is 236 g/mol. The van der Waals surface area contributed by atoms with E-state index in [-0.39, 0.29) is 0 Å². The van der Waals surface area contributed by atoms with Crippen molar-refractivity contribution in [2.75, 3.05) is 32.9 Å². The first-order chi connectivity index (χ1) is 6.99. The summed E-state index contributed by atoms with van der Waals surface area (Å²) in [6, 6.07) is 0. The first-order valence-electron chi connectivity index (χ1n) is 4.88. The maximum Gasteiger partial charge on any atom is 0.208 e. The number of hydrogen-bond acceptors (Lipinski definition) is 3. The third-order valence-electron chi connectivity index (χ3n) is 1.55. The van der Waals surface area contributed by atoms with Gasteiger partial charge in [-0.2, -0.15) is 0 Å². The van der Waals surface area contributed by atoms with Gasteiger partial charge in [-0.3, -0.25) is 4.99 Å². The molecule has 0 atom stereocenters. The van der Waals surface area contributed by atoms with E-state index >= 15 is 0 Å². The zero-order valence-corrected chi connectivity index (χ0v) is 10.3. The minimum Gasteiger partial charge on any atom is -0.356 e. The van der Waals surface area contributed by atoms with Crippen LogP contribution in [0.1, 0.15) is 13.3 Å². The highest BCUT2D eigenvalue weighted by Crippen LogP contribution is 1.74. The van der Waals surface area contributed by atoms with Gasteiger partial charge in [-0.15, -0.1) is 0 Å². The molecule has 0 amide bonds. The first-order valence-corrected chi connectivity index (χ1v) is 6.78. The van der Waals surface area contributed by atoms with Crippen LogP contribution in [0.2, 0.25) is 0 Å². The number of guanidine groups is 1. The van der Waals surface area contributed by atoms with Crippen LogP contribution in [-0.2, 0) is 10.0 Å². The van der Waals surface area contributed by atoms with Crippen molar-refractivity contribution in [1.82, 2.24) is 15.4 Å². The lowest BCUT2D eigenvalue weighted by atomic mass is 10.5. The molecular weight excluding hydrogens is 216 g/mol. The zero-order chi connectivity index (χ0) is 11.7. The van der Waals surface area contributed by atoms with E-state index in [0.29, 0.717) is 19.0 Å². The lowest BCUT2D eigenvalue weighted by molar-refractivity contribution is 0.586. The molecule has 0 aromatic carbocycles. The van der Waals surface area contributed by atoms with E-state index in [1.165, 1.54) is 0 Å². The van der Waals surface area contributed by atoms with Crippen LogP contribution >= 0.6 is 0 Å². The standard InChI is InChI=1S/C8H20N4O2S/c1-4-5-10-8(9-2)11-6-7-12-15(3,13)14/h12H,4-7H2,1-3H3,(H2,9,10,11). The van der Waals surface area contributed by atoms with Gasteiger partial charge in [-0.05, 0) is 6.42 Å². The number of rotatable bonds is 6. The molecule has 0 aliphatic rings. The summed E-state index contributed by atoms with van der Waals surface area (Å²) >= 11 is 0. The molecule has 0 heterocycles. The van der Waals surface area contributed by atoms with Crippen molar-refractivity contribution in [2.45, 2.75) is 13.3 Å². The Hall–Kier alpha value is -0.820. The quantitative estimate of drug-likeness (QED) is 0.317. The molecular formula is C8H20N4O2S. The number of nitrogens with zero attached hydrogens (tertiary/aromatic N) is 1. The van der Waals surface area contributed by atoms with Gasteiger partial charge >= 0.3 is 0 Å². The molecule has 0 radical (unpaired) electrons. The number of sulfonamides is 1. The van der Waals surface area contributed by atoms with Crippen molar-refractivity contribution in [1.29, 1.82) is 0 Å². The highest BCUT2D eigenvalue weighted by atomic mass is 32.2. The Morgan fingerprint density at radius 1 is 1.20 bits per heavy atom. The number of nitrogens with one attached hydrogen (secondary N) is 3. The largest absolute Gasteiger partial charge is 0.356 e. The summed E-state index contributed by atoms with van der Waals surface area (Å²) in [4.78, 5) is 3.98. The molecule has 0 aromatic rings. The van der Waals surface area contributed by atoms with Crippen LogP contribution in [0.5, 0.6) is 0 Å². The normalized spacial score (nSPS) is 12.6. The van der Waals surface area contributed by atoms with Gasteiger partial charge in [0.2, 0.25) is 10.0 Å². The van der Waals surface area contributed by atoms with Crippen LogP contribution in [0.3, 0.4) is 0 Å². The van der Waals surface area contributed by atoms with Gasteiger partial charge in [-0.25, -0.2) is 13.1 Å². The Morgan fingerprint density at radius 3 is 2.27 bits per heavy atom. The molecule has 0 aliphatic heterocycles. The Balaban J connectivity index is 3.65. The monoisotopic (exact) mass is 236 g/mol. The molecule has 6 nitrogen and oxygen atoms in total. The van der Waals surface area contributed by atoms with Gasteiger partial charge in [-0.1, -0.05) is 6.92 Å². The maximum absolute atomic E-state index is 10.7. The molecule has 0 bridgehead atoms. The third-order valence-corrected chi connectivity index (χ3v) is 2.28. The van der Waals surface area contributed by atoms with E-state index in [9.17, 15) is 8.42 Å². The lowest BCUT2D eigenvalue weighted by Gasteiger charge is -2.10. The molecule has 0 fully saturated rings. The van der Waals surface area contributed by atoms with Gasteiger partial charge < -0.3 is 10.6 Å². The van der Waals surface area contributed by atoms with Crippen molar-refractivity contribution in [2.24, 2.45) is 4.99 Å². The minimum atomic E-state index is -3.10. The van der Waals surface area contributed by atoms with E-state index in [0.717, 1.165) is 19.2 Å². The molecule has 3 N–H and O–H groups in total. The van der Waals surface area contributed by atoms with Crippen molar-refractivity contribution < 1.29 is 8.42 Å². The minimum absolute atomic E-state index is 0.353. The molecule has 0 rings (SSSR count). The maximum atomic E-state index is 10.7. The Kier molecular flexibility index (Phi) is 7.06. The summed E-state index contributed by atoms with van der Waals surface area (Å²) < 4.78 is 23.8. The van der Waals surface area contributed by atoms with E-state index in [4.69, 9.17) is 0 Å².